The van der Waals surface area contributed by atoms with Gasteiger partial charge in [0.05, 0.1) is 18.8 Å². The summed E-state index contributed by atoms with van der Waals surface area (Å²) >= 11 is 0. The van der Waals surface area contributed by atoms with Gasteiger partial charge in [0, 0.05) is 0 Å². The van der Waals surface area contributed by atoms with E-state index in [1.165, 1.54) is 0 Å². The minimum atomic E-state index is -0.624. The van der Waals surface area contributed by atoms with Crippen molar-refractivity contribution < 1.29 is 15.3 Å². The first-order valence-corrected chi connectivity index (χ1v) is 4.17. The molecule has 1 aliphatic rings. The van der Waals surface area contributed by atoms with Crippen molar-refractivity contribution in [3.63, 3.8) is 0 Å². The van der Waals surface area contributed by atoms with E-state index < -0.39 is 6.10 Å². The molecule has 4 atom stereocenters. The molecule has 0 heterocycles. The second kappa shape index (κ2) is 3.52. The molecule has 1 rings (SSSR count). The molecule has 0 amide bonds. The summed E-state index contributed by atoms with van der Waals surface area (Å²) in [7, 11) is 0. The molecule has 11 heavy (non-hydrogen) atoms. The van der Waals surface area contributed by atoms with Gasteiger partial charge in [0.2, 0.25) is 0 Å². The number of aliphatic hydroxyl groups is 3. The highest BCUT2D eigenvalue weighted by Gasteiger charge is 2.45. The summed E-state index contributed by atoms with van der Waals surface area (Å²) in [5.74, 6) is 0.358. The maximum atomic E-state index is 9.32. The highest BCUT2D eigenvalue weighted by molar-refractivity contribution is 4.94. The van der Waals surface area contributed by atoms with Crippen molar-refractivity contribution in [3.05, 3.63) is 0 Å². The maximum Gasteiger partial charge on any atom is 0.0802 e. The molecular weight excluding hydrogens is 144 g/mol. The summed E-state index contributed by atoms with van der Waals surface area (Å²) in [5.41, 5.74) is 0. The van der Waals surface area contributed by atoms with E-state index in [9.17, 15) is 5.11 Å². The van der Waals surface area contributed by atoms with Gasteiger partial charge >= 0.3 is 0 Å². The zero-order chi connectivity index (χ0) is 8.43. The molecule has 0 aromatic rings. The first-order valence-electron chi connectivity index (χ1n) is 4.17. The number of rotatable bonds is 4. The lowest BCUT2D eigenvalue weighted by atomic mass is 10.1. The van der Waals surface area contributed by atoms with Crippen LogP contribution in [0.5, 0.6) is 0 Å². The third-order valence-corrected chi connectivity index (χ3v) is 2.48. The summed E-state index contributed by atoms with van der Waals surface area (Å²) in [5, 5.41) is 27.1. The van der Waals surface area contributed by atoms with Crippen molar-refractivity contribution in [2.45, 2.75) is 32.0 Å². The van der Waals surface area contributed by atoms with Crippen molar-refractivity contribution in [1.29, 1.82) is 0 Å². The van der Waals surface area contributed by atoms with Crippen LogP contribution in [0.2, 0.25) is 0 Å². The molecule has 1 saturated carbocycles. The Hall–Kier alpha value is -0.120. The molecule has 0 bridgehead atoms. The topological polar surface area (TPSA) is 60.7 Å². The van der Waals surface area contributed by atoms with E-state index in [1.807, 2.05) is 6.92 Å². The van der Waals surface area contributed by atoms with E-state index in [0.29, 0.717) is 0 Å². The SMILES string of the molecule is CCC(O)C1CC1C(O)CO. The van der Waals surface area contributed by atoms with E-state index in [0.717, 1.165) is 12.8 Å². The Bertz CT molecular complexity index is 113. The van der Waals surface area contributed by atoms with Gasteiger partial charge in [-0.05, 0) is 24.7 Å². The van der Waals surface area contributed by atoms with Gasteiger partial charge < -0.3 is 15.3 Å². The molecule has 0 aromatic carbocycles. The molecule has 3 nitrogen and oxygen atoms in total. The molecule has 1 fully saturated rings. The van der Waals surface area contributed by atoms with Crippen LogP contribution in [-0.4, -0.2) is 34.1 Å². The van der Waals surface area contributed by atoms with Crippen LogP contribution in [0.1, 0.15) is 19.8 Å². The lowest BCUT2D eigenvalue weighted by Gasteiger charge is -2.09. The van der Waals surface area contributed by atoms with E-state index >= 15 is 0 Å². The predicted molar refractivity (Wildman–Crippen MR) is 41.0 cm³/mol. The molecule has 0 aliphatic heterocycles. The van der Waals surface area contributed by atoms with Crippen molar-refractivity contribution in [2.24, 2.45) is 11.8 Å². The molecule has 0 spiro atoms. The molecule has 0 saturated heterocycles. The normalized spacial score (nSPS) is 34.9. The van der Waals surface area contributed by atoms with Crippen LogP contribution in [0, 0.1) is 11.8 Å². The van der Waals surface area contributed by atoms with Gasteiger partial charge in [-0.2, -0.15) is 0 Å². The molecular formula is C8H16O3. The summed E-state index contributed by atoms with van der Waals surface area (Å²) in [6, 6.07) is 0. The fourth-order valence-corrected chi connectivity index (χ4v) is 1.56. The number of hydrogen-bond acceptors (Lipinski definition) is 3. The monoisotopic (exact) mass is 160 g/mol. The molecule has 0 aromatic heterocycles. The van der Waals surface area contributed by atoms with Gasteiger partial charge in [-0.1, -0.05) is 6.92 Å². The summed E-state index contributed by atoms with van der Waals surface area (Å²) < 4.78 is 0. The van der Waals surface area contributed by atoms with E-state index in [-0.39, 0.29) is 24.5 Å². The largest absolute Gasteiger partial charge is 0.394 e. The fourth-order valence-electron chi connectivity index (χ4n) is 1.56. The smallest absolute Gasteiger partial charge is 0.0802 e. The molecule has 3 heteroatoms. The summed E-state index contributed by atoms with van der Waals surface area (Å²) in [4.78, 5) is 0. The summed E-state index contributed by atoms with van der Waals surface area (Å²) in [6.45, 7) is 1.74. The van der Waals surface area contributed by atoms with Crippen LogP contribution in [0.3, 0.4) is 0 Å². The van der Waals surface area contributed by atoms with E-state index in [2.05, 4.69) is 0 Å². The fraction of sp³-hybridized carbons (Fsp3) is 1.00. The second-order valence-corrected chi connectivity index (χ2v) is 3.29. The van der Waals surface area contributed by atoms with Crippen LogP contribution >= 0.6 is 0 Å². The summed E-state index contributed by atoms with van der Waals surface area (Å²) in [6.07, 6.45) is 0.679. The van der Waals surface area contributed by atoms with Gasteiger partial charge in [-0.15, -0.1) is 0 Å². The third kappa shape index (κ3) is 1.92. The van der Waals surface area contributed by atoms with Gasteiger partial charge in [0.15, 0.2) is 0 Å². The zero-order valence-electron chi connectivity index (χ0n) is 6.77. The van der Waals surface area contributed by atoms with Crippen LogP contribution in [0.15, 0.2) is 0 Å². The Morgan fingerprint density at radius 3 is 2.27 bits per heavy atom. The molecule has 1 aliphatic carbocycles. The Labute approximate surface area is 66.7 Å². The van der Waals surface area contributed by atoms with Crippen LogP contribution < -0.4 is 0 Å². The van der Waals surface area contributed by atoms with Gasteiger partial charge in [-0.3, -0.25) is 0 Å². The lowest BCUT2D eigenvalue weighted by molar-refractivity contribution is 0.0584. The molecule has 4 unspecified atom stereocenters. The average Bonchev–Trinajstić information content (AvgIpc) is 2.80. The first-order chi connectivity index (χ1) is 5.20. The molecule has 66 valence electrons. The van der Waals surface area contributed by atoms with Crippen LogP contribution in [0.25, 0.3) is 0 Å². The number of hydrogen-bond donors (Lipinski definition) is 3. The Morgan fingerprint density at radius 1 is 1.27 bits per heavy atom. The average molecular weight is 160 g/mol. The Kier molecular flexibility index (Phi) is 2.87. The third-order valence-electron chi connectivity index (χ3n) is 2.48. The molecule has 0 radical (unpaired) electrons. The lowest BCUT2D eigenvalue weighted by Crippen LogP contribution is -2.19. The minimum absolute atomic E-state index is 0.134. The highest BCUT2D eigenvalue weighted by Crippen LogP contribution is 2.44. The zero-order valence-corrected chi connectivity index (χ0v) is 6.77. The molecule has 3 N–H and O–H groups in total. The van der Waals surface area contributed by atoms with Crippen LogP contribution in [-0.2, 0) is 0 Å². The van der Waals surface area contributed by atoms with Crippen molar-refractivity contribution in [3.8, 4) is 0 Å². The van der Waals surface area contributed by atoms with E-state index in [1.54, 1.807) is 0 Å². The standard InChI is InChI=1S/C8H16O3/c1-2-7(10)5-3-6(5)8(11)4-9/h5-11H,2-4H2,1H3. The van der Waals surface area contributed by atoms with Gasteiger partial charge in [0.1, 0.15) is 0 Å². The second-order valence-electron chi connectivity index (χ2n) is 3.29. The first kappa shape index (κ1) is 8.97. The maximum absolute atomic E-state index is 9.32. The Morgan fingerprint density at radius 2 is 1.82 bits per heavy atom. The van der Waals surface area contributed by atoms with E-state index in [4.69, 9.17) is 10.2 Å². The predicted octanol–water partition coefficient (Wildman–Crippen LogP) is -0.253. The van der Waals surface area contributed by atoms with Gasteiger partial charge in [0.25, 0.3) is 0 Å². The number of aliphatic hydroxyl groups excluding tert-OH is 3. The quantitative estimate of drug-likeness (QED) is 0.531. The highest BCUT2D eigenvalue weighted by atomic mass is 16.3. The van der Waals surface area contributed by atoms with Crippen molar-refractivity contribution in [1.82, 2.24) is 0 Å². The van der Waals surface area contributed by atoms with Crippen molar-refractivity contribution >= 4 is 0 Å². The van der Waals surface area contributed by atoms with Gasteiger partial charge in [-0.25, -0.2) is 0 Å². The van der Waals surface area contributed by atoms with Crippen LogP contribution in [0.4, 0.5) is 0 Å². The Balaban J connectivity index is 2.25. The van der Waals surface area contributed by atoms with Crippen molar-refractivity contribution in [2.75, 3.05) is 6.61 Å². The minimum Gasteiger partial charge on any atom is -0.394 e.